The van der Waals surface area contributed by atoms with Gasteiger partial charge in [0.15, 0.2) is 0 Å². The van der Waals surface area contributed by atoms with Gasteiger partial charge >= 0.3 is 0 Å². The van der Waals surface area contributed by atoms with Gasteiger partial charge in [-0.15, -0.1) is 0 Å². The van der Waals surface area contributed by atoms with Crippen molar-refractivity contribution in [1.82, 2.24) is 10.2 Å². The second kappa shape index (κ2) is 4.64. The van der Waals surface area contributed by atoms with Gasteiger partial charge in [0.05, 0.1) is 11.9 Å². The second-order valence-electron chi connectivity index (χ2n) is 3.68. The summed E-state index contributed by atoms with van der Waals surface area (Å²) in [6.45, 7) is 3.13. The number of H-pyrrole nitrogens is 1. The Balaban J connectivity index is 1.90. The van der Waals surface area contributed by atoms with E-state index in [-0.39, 0.29) is 0 Å². The van der Waals surface area contributed by atoms with Crippen LogP contribution in [-0.2, 0) is 0 Å². The Bertz CT molecular complexity index is 381. The highest BCUT2D eigenvalue weighted by molar-refractivity contribution is 5.38. The van der Waals surface area contributed by atoms with Gasteiger partial charge in [-0.1, -0.05) is 37.3 Å². The van der Waals surface area contributed by atoms with Crippen LogP contribution in [0.5, 0.6) is 0 Å². The fourth-order valence-electron chi connectivity index (χ4n) is 1.52. The Kier molecular flexibility index (Phi) is 3.02. The van der Waals surface area contributed by atoms with Crippen LogP contribution in [0.25, 0.3) is 0 Å². The van der Waals surface area contributed by atoms with Gasteiger partial charge in [0.25, 0.3) is 0 Å². The summed E-state index contributed by atoms with van der Waals surface area (Å²) >= 11 is 0. The van der Waals surface area contributed by atoms with Gasteiger partial charge in [-0.2, -0.15) is 5.10 Å². The molecule has 0 aliphatic heterocycles. The van der Waals surface area contributed by atoms with E-state index in [1.165, 1.54) is 5.56 Å². The predicted molar refractivity (Wildman–Crippen MR) is 61.9 cm³/mol. The van der Waals surface area contributed by atoms with Gasteiger partial charge in [-0.25, -0.2) is 0 Å². The van der Waals surface area contributed by atoms with Crippen LogP contribution in [-0.4, -0.2) is 16.7 Å². The highest BCUT2D eigenvalue weighted by Crippen LogP contribution is 2.15. The number of hydrogen-bond donors (Lipinski definition) is 2. The third-order valence-electron chi connectivity index (χ3n) is 2.48. The third-order valence-corrected chi connectivity index (χ3v) is 2.48. The van der Waals surface area contributed by atoms with Gasteiger partial charge in [-0.3, -0.25) is 5.10 Å². The molecule has 15 heavy (non-hydrogen) atoms. The van der Waals surface area contributed by atoms with Gasteiger partial charge in [-0.05, 0) is 11.5 Å². The SMILES string of the molecule is CC(CNc1cn[nH]c1)c1ccccc1. The van der Waals surface area contributed by atoms with Crippen molar-refractivity contribution in [2.45, 2.75) is 12.8 Å². The molecule has 0 radical (unpaired) electrons. The Morgan fingerprint density at radius 3 is 2.80 bits per heavy atom. The molecule has 1 aromatic carbocycles. The van der Waals surface area contributed by atoms with Gasteiger partial charge in [0, 0.05) is 12.7 Å². The van der Waals surface area contributed by atoms with E-state index in [2.05, 4.69) is 46.7 Å². The number of rotatable bonds is 4. The molecule has 3 heteroatoms. The molecule has 0 aliphatic rings. The molecular weight excluding hydrogens is 186 g/mol. The zero-order chi connectivity index (χ0) is 10.5. The number of nitrogens with zero attached hydrogens (tertiary/aromatic N) is 1. The Morgan fingerprint density at radius 2 is 2.13 bits per heavy atom. The summed E-state index contributed by atoms with van der Waals surface area (Å²) in [4.78, 5) is 0. The zero-order valence-corrected chi connectivity index (χ0v) is 8.77. The second-order valence-corrected chi connectivity index (χ2v) is 3.68. The van der Waals surface area contributed by atoms with E-state index in [9.17, 15) is 0 Å². The van der Waals surface area contributed by atoms with E-state index < -0.39 is 0 Å². The van der Waals surface area contributed by atoms with Crippen molar-refractivity contribution in [3.63, 3.8) is 0 Å². The molecule has 2 rings (SSSR count). The van der Waals surface area contributed by atoms with Crippen LogP contribution in [0.1, 0.15) is 18.4 Å². The summed E-state index contributed by atoms with van der Waals surface area (Å²) in [6.07, 6.45) is 3.65. The fourth-order valence-corrected chi connectivity index (χ4v) is 1.52. The van der Waals surface area contributed by atoms with Crippen molar-refractivity contribution < 1.29 is 0 Å². The summed E-state index contributed by atoms with van der Waals surface area (Å²) in [5, 5.41) is 10.00. The molecule has 0 saturated carbocycles. The van der Waals surface area contributed by atoms with Crippen molar-refractivity contribution in [3.8, 4) is 0 Å². The number of aromatic nitrogens is 2. The molecule has 2 N–H and O–H groups in total. The van der Waals surface area contributed by atoms with E-state index in [1.807, 2.05) is 12.3 Å². The normalized spacial score (nSPS) is 12.3. The lowest BCUT2D eigenvalue weighted by Crippen LogP contribution is -2.09. The minimum absolute atomic E-state index is 0.501. The maximum absolute atomic E-state index is 3.89. The Hall–Kier alpha value is -1.77. The maximum atomic E-state index is 3.89. The van der Waals surface area contributed by atoms with E-state index in [1.54, 1.807) is 6.20 Å². The van der Waals surface area contributed by atoms with Crippen molar-refractivity contribution in [3.05, 3.63) is 48.3 Å². The van der Waals surface area contributed by atoms with E-state index in [0.717, 1.165) is 12.2 Å². The number of anilines is 1. The van der Waals surface area contributed by atoms with Crippen LogP contribution in [0.2, 0.25) is 0 Å². The highest BCUT2D eigenvalue weighted by atomic mass is 15.1. The Morgan fingerprint density at radius 1 is 1.33 bits per heavy atom. The van der Waals surface area contributed by atoms with Crippen LogP contribution < -0.4 is 5.32 Å². The summed E-state index contributed by atoms with van der Waals surface area (Å²) in [6, 6.07) is 10.5. The van der Waals surface area contributed by atoms with Crippen molar-refractivity contribution in [2.75, 3.05) is 11.9 Å². The first-order valence-corrected chi connectivity index (χ1v) is 5.14. The summed E-state index contributed by atoms with van der Waals surface area (Å²) < 4.78 is 0. The van der Waals surface area contributed by atoms with Gasteiger partial charge in [0.1, 0.15) is 0 Å². The molecule has 0 spiro atoms. The lowest BCUT2D eigenvalue weighted by atomic mass is 10.0. The number of aromatic amines is 1. The zero-order valence-electron chi connectivity index (χ0n) is 8.77. The average Bonchev–Trinajstić information content (AvgIpc) is 2.80. The first kappa shape index (κ1) is 9.77. The van der Waals surface area contributed by atoms with E-state index in [0.29, 0.717) is 5.92 Å². The van der Waals surface area contributed by atoms with E-state index in [4.69, 9.17) is 0 Å². The number of hydrogen-bond acceptors (Lipinski definition) is 2. The Labute approximate surface area is 89.5 Å². The monoisotopic (exact) mass is 201 g/mol. The van der Waals surface area contributed by atoms with Crippen LogP contribution in [0.4, 0.5) is 5.69 Å². The molecule has 0 aliphatic carbocycles. The molecule has 2 aromatic rings. The van der Waals surface area contributed by atoms with Gasteiger partial charge in [0.2, 0.25) is 0 Å². The average molecular weight is 201 g/mol. The van der Waals surface area contributed by atoms with E-state index >= 15 is 0 Å². The standard InChI is InChI=1S/C12H15N3/c1-10(11-5-3-2-4-6-11)7-13-12-8-14-15-9-12/h2-6,8-10,13H,7H2,1H3,(H,14,15). The minimum atomic E-state index is 0.501. The molecule has 0 bridgehead atoms. The molecule has 0 saturated heterocycles. The van der Waals surface area contributed by atoms with Crippen molar-refractivity contribution in [1.29, 1.82) is 0 Å². The lowest BCUT2D eigenvalue weighted by molar-refractivity contribution is 0.805. The van der Waals surface area contributed by atoms with Crippen LogP contribution in [0.3, 0.4) is 0 Å². The lowest BCUT2D eigenvalue weighted by Gasteiger charge is -2.12. The van der Waals surface area contributed by atoms with Crippen LogP contribution in [0.15, 0.2) is 42.7 Å². The smallest absolute Gasteiger partial charge is 0.0723 e. The first-order chi connectivity index (χ1) is 7.36. The van der Waals surface area contributed by atoms with Crippen molar-refractivity contribution in [2.24, 2.45) is 0 Å². The molecule has 1 unspecified atom stereocenters. The largest absolute Gasteiger partial charge is 0.382 e. The number of nitrogens with one attached hydrogen (secondary N) is 2. The first-order valence-electron chi connectivity index (χ1n) is 5.14. The molecule has 3 nitrogen and oxygen atoms in total. The third kappa shape index (κ3) is 2.59. The quantitative estimate of drug-likeness (QED) is 0.798. The maximum Gasteiger partial charge on any atom is 0.0723 e. The molecule has 78 valence electrons. The summed E-state index contributed by atoms with van der Waals surface area (Å²) in [5.74, 6) is 0.501. The predicted octanol–water partition coefficient (Wildman–Crippen LogP) is 2.63. The minimum Gasteiger partial charge on any atom is -0.382 e. The molecule has 1 heterocycles. The van der Waals surface area contributed by atoms with Crippen LogP contribution >= 0.6 is 0 Å². The summed E-state index contributed by atoms with van der Waals surface area (Å²) in [5.41, 5.74) is 2.39. The van der Waals surface area contributed by atoms with Crippen molar-refractivity contribution >= 4 is 5.69 Å². The van der Waals surface area contributed by atoms with Gasteiger partial charge < -0.3 is 5.32 Å². The molecule has 0 fully saturated rings. The van der Waals surface area contributed by atoms with Crippen LogP contribution in [0, 0.1) is 0 Å². The summed E-state index contributed by atoms with van der Waals surface area (Å²) in [7, 11) is 0. The topological polar surface area (TPSA) is 40.7 Å². The fraction of sp³-hybridized carbons (Fsp3) is 0.250. The molecule has 1 aromatic heterocycles. The molecular formula is C12H15N3. The highest BCUT2D eigenvalue weighted by Gasteiger charge is 2.04. The molecule has 1 atom stereocenters. The number of benzene rings is 1. The molecule has 0 amide bonds.